The third kappa shape index (κ3) is 4.35. The van der Waals surface area contributed by atoms with Gasteiger partial charge < -0.3 is 10.1 Å². The fraction of sp³-hybridized carbons (Fsp3) is 0.158. The number of hydrogen-bond donors (Lipinski definition) is 2. The first-order valence-electron chi connectivity index (χ1n) is 8.16. The van der Waals surface area contributed by atoms with Gasteiger partial charge in [0.15, 0.2) is 6.10 Å². The molecule has 0 aliphatic carbocycles. The van der Waals surface area contributed by atoms with Crippen molar-refractivity contribution >= 4 is 28.3 Å². The highest BCUT2D eigenvalue weighted by atomic mass is 19.1. The van der Waals surface area contributed by atoms with Crippen molar-refractivity contribution < 1.29 is 18.7 Å². The Bertz CT molecular complexity index is 1060. The van der Waals surface area contributed by atoms with Crippen LogP contribution < -0.4 is 10.9 Å². The topological polar surface area (TPSA) is 101 Å². The average Bonchev–Trinajstić information content (AvgIpc) is 2.64. The van der Waals surface area contributed by atoms with E-state index in [1.165, 1.54) is 25.1 Å². The number of ether oxygens (including phenoxy) is 1. The predicted molar refractivity (Wildman–Crippen MR) is 96.7 cm³/mol. The highest BCUT2D eigenvalue weighted by Gasteiger charge is 2.19. The third-order valence-electron chi connectivity index (χ3n) is 3.86. The van der Waals surface area contributed by atoms with Crippen molar-refractivity contribution in [2.75, 3.05) is 5.32 Å². The number of rotatable bonds is 5. The first-order chi connectivity index (χ1) is 12.9. The van der Waals surface area contributed by atoms with Crippen molar-refractivity contribution in [2.24, 2.45) is 0 Å². The molecule has 0 fully saturated rings. The molecule has 0 aliphatic heterocycles. The molecule has 3 rings (SSSR count). The number of carbonyl (C=O) groups excluding carboxylic acids is 2. The molecule has 0 spiro atoms. The second-order valence-electron chi connectivity index (χ2n) is 5.85. The van der Waals surface area contributed by atoms with Crippen LogP contribution in [-0.4, -0.2) is 28.2 Å². The van der Waals surface area contributed by atoms with E-state index in [1.54, 1.807) is 24.3 Å². The van der Waals surface area contributed by atoms with Crippen LogP contribution in [0.2, 0.25) is 0 Å². The molecule has 2 aromatic carbocycles. The molecule has 0 radical (unpaired) electrons. The Morgan fingerprint density at radius 3 is 2.67 bits per heavy atom. The number of fused-ring (bicyclic) bond motifs is 1. The van der Waals surface area contributed by atoms with Gasteiger partial charge in [0.05, 0.1) is 17.5 Å². The number of amides is 1. The number of halogens is 1. The number of nitrogens with one attached hydrogen (secondary N) is 2. The van der Waals surface area contributed by atoms with Crippen LogP contribution in [-0.2, 0) is 20.7 Å². The van der Waals surface area contributed by atoms with Crippen LogP contribution in [0.3, 0.4) is 0 Å². The van der Waals surface area contributed by atoms with Gasteiger partial charge >= 0.3 is 5.97 Å². The summed E-state index contributed by atoms with van der Waals surface area (Å²) in [5, 5.41) is 9.65. The quantitative estimate of drug-likeness (QED) is 0.671. The van der Waals surface area contributed by atoms with E-state index < -0.39 is 23.8 Å². The largest absolute Gasteiger partial charge is 0.452 e. The first kappa shape index (κ1) is 18.2. The summed E-state index contributed by atoms with van der Waals surface area (Å²) in [7, 11) is 0. The summed E-state index contributed by atoms with van der Waals surface area (Å²) in [5.41, 5.74) is 0.245. The molecule has 3 aromatic rings. The molecule has 0 unspecified atom stereocenters. The highest BCUT2D eigenvalue weighted by molar-refractivity contribution is 5.95. The van der Waals surface area contributed by atoms with Crippen molar-refractivity contribution in [3.05, 3.63) is 70.4 Å². The summed E-state index contributed by atoms with van der Waals surface area (Å²) < 4.78 is 18.3. The summed E-state index contributed by atoms with van der Waals surface area (Å²) in [5.74, 6) is -1.76. The van der Waals surface area contributed by atoms with Gasteiger partial charge in [-0.25, -0.2) is 9.49 Å². The molecular weight excluding hydrogens is 353 g/mol. The second-order valence-corrected chi connectivity index (χ2v) is 5.85. The number of aromatic amines is 1. The molecule has 2 N–H and O–H groups in total. The molecule has 0 aliphatic rings. The number of carbonyl (C=O) groups is 2. The molecule has 8 heteroatoms. The van der Waals surface area contributed by atoms with Gasteiger partial charge in [-0.2, -0.15) is 5.10 Å². The van der Waals surface area contributed by atoms with Crippen molar-refractivity contribution in [1.82, 2.24) is 10.2 Å². The van der Waals surface area contributed by atoms with E-state index in [4.69, 9.17) is 4.74 Å². The van der Waals surface area contributed by atoms with Gasteiger partial charge in [-0.15, -0.1) is 0 Å². The van der Waals surface area contributed by atoms with Crippen molar-refractivity contribution in [2.45, 2.75) is 19.4 Å². The minimum absolute atomic E-state index is 0.213. The van der Waals surface area contributed by atoms with Crippen LogP contribution in [0.4, 0.5) is 10.1 Å². The van der Waals surface area contributed by atoms with Crippen LogP contribution in [0.1, 0.15) is 12.6 Å². The summed E-state index contributed by atoms with van der Waals surface area (Å²) >= 11 is 0. The SMILES string of the molecule is C[C@H](OC(=O)Cc1n[nH]c(=O)c2ccccc12)C(=O)Nc1cccc(F)c1. The van der Waals surface area contributed by atoms with Gasteiger partial charge in [0.1, 0.15) is 5.82 Å². The van der Waals surface area contributed by atoms with E-state index in [0.717, 1.165) is 6.07 Å². The summed E-state index contributed by atoms with van der Waals surface area (Å²) in [6.07, 6.45) is -1.30. The van der Waals surface area contributed by atoms with Gasteiger partial charge in [0.2, 0.25) is 0 Å². The van der Waals surface area contributed by atoms with Gasteiger partial charge in [-0.3, -0.25) is 14.4 Å². The van der Waals surface area contributed by atoms with Crippen LogP contribution in [0.25, 0.3) is 10.8 Å². The van der Waals surface area contributed by atoms with Gasteiger partial charge in [-0.05, 0) is 31.2 Å². The maximum Gasteiger partial charge on any atom is 0.312 e. The van der Waals surface area contributed by atoms with E-state index in [0.29, 0.717) is 16.5 Å². The van der Waals surface area contributed by atoms with Gasteiger partial charge in [0, 0.05) is 11.1 Å². The Morgan fingerprint density at radius 1 is 1.19 bits per heavy atom. The van der Waals surface area contributed by atoms with E-state index >= 15 is 0 Å². The van der Waals surface area contributed by atoms with E-state index in [-0.39, 0.29) is 17.7 Å². The number of anilines is 1. The van der Waals surface area contributed by atoms with Gasteiger partial charge in [-0.1, -0.05) is 24.3 Å². The zero-order chi connectivity index (χ0) is 19.4. The Morgan fingerprint density at radius 2 is 1.93 bits per heavy atom. The fourth-order valence-electron chi connectivity index (χ4n) is 2.55. The first-order valence-corrected chi connectivity index (χ1v) is 8.16. The number of H-pyrrole nitrogens is 1. The lowest BCUT2D eigenvalue weighted by molar-refractivity contribution is -0.152. The van der Waals surface area contributed by atoms with Gasteiger partial charge in [0.25, 0.3) is 11.5 Å². The fourth-order valence-corrected chi connectivity index (χ4v) is 2.55. The Kier molecular flexibility index (Phi) is 5.25. The zero-order valence-corrected chi connectivity index (χ0v) is 14.4. The summed E-state index contributed by atoms with van der Waals surface area (Å²) in [6.45, 7) is 1.41. The molecule has 1 amide bonds. The Balaban J connectivity index is 1.66. The summed E-state index contributed by atoms with van der Waals surface area (Å²) in [4.78, 5) is 36.0. The monoisotopic (exact) mass is 369 g/mol. The Labute approximate surface area is 153 Å². The zero-order valence-electron chi connectivity index (χ0n) is 14.4. The van der Waals surface area contributed by atoms with Crippen LogP contribution >= 0.6 is 0 Å². The lowest BCUT2D eigenvalue weighted by Gasteiger charge is -2.13. The molecule has 1 atom stereocenters. The summed E-state index contributed by atoms with van der Waals surface area (Å²) in [6, 6.07) is 12.1. The second kappa shape index (κ2) is 7.77. The molecular formula is C19H16FN3O4. The molecule has 0 bridgehead atoms. The van der Waals surface area contributed by atoms with E-state index in [9.17, 15) is 18.8 Å². The number of benzene rings is 2. The number of esters is 1. The Hall–Kier alpha value is -3.55. The highest BCUT2D eigenvalue weighted by Crippen LogP contribution is 2.14. The lowest BCUT2D eigenvalue weighted by atomic mass is 10.1. The average molecular weight is 369 g/mol. The maximum absolute atomic E-state index is 13.2. The molecule has 0 saturated heterocycles. The van der Waals surface area contributed by atoms with Crippen LogP contribution in [0.15, 0.2) is 53.3 Å². The number of hydrogen-bond acceptors (Lipinski definition) is 5. The van der Waals surface area contributed by atoms with Crippen molar-refractivity contribution in [3.63, 3.8) is 0 Å². The van der Waals surface area contributed by atoms with Crippen LogP contribution in [0.5, 0.6) is 0 Å². The standard InChI is InChI=1S/C19H16FN3O4/c1-11(18(25)21-13-6-4-5-12(20)9-13)27-17(24)10-16-14-7-2-3-8-15(14)19(26)23-22-16/h2-9,11H,10H2,1H3,(H,21,25)(H,23,26)/t11-/m0/s1. The smallest absolute Gasteiger partial charge is 0.312 e. The van der Waals surface area contributed by atoms with Crippen molar-refractivity contribution in [1.29, 1.82) is 0 Å². The normalized spacial score (nSPS) is 11.8. The predicted octanol–water partition coefficient (Wildman–Crippen LogP) is 2.18. The van der Waals surface area contributed by atoms with E-state index in [1.807, 2.05) is 0 Å². The maximum atomic E-state index is 13.2. The molecule has 7 nitrogen and oxygen atoms in total. The molecule has 1 heterocycles. The molecule has 138 valence electrons. The van der Waals surface area contributed by atoms with Crippen molar-refractivity contribution in [3.8, 4) is 0 Å². The minimum Gasteiger partial charge on any atom is -0.452 e. The number of aromatic nitrogens is 2. The number of nitrogens with zero attached hydrogens (tertiary/aromatic N) is 1. The van der Waals surface area contributed by atoms with Crippen LogP contribution in [0, 0.1) is 5.82 Å². The molecule has 0 saturated carbocycles. The molecule has 1 aromatic heterocycles. The lowest BCUT2D eigenvalue weighted by Crippen LogP contribution is -2.30. The minimum atomic E-state index is -1.09. The molecule has 27 heavy (non-hydrogen) atoms. The third-order valence-corrected chi connectivity index (χ3v) is 3.86. The van der Waals surface area contributed by atoms with E-state index in [2.05, 4.69) is 15.5 Å².